The number of rotatable bonds is 3. The summed E-state index contributed by atoms with van der Waals surface area (Å²) >= 11 is 0. The minimum atomic E-state index is 0.210. The molecule has 2 saturated heterocycles. The topological polar surface area (TPSA) is 54.0 Å². The Labute approximate surface area is 136 Å². The van der Waals surface area contributed by atoms with Gasteiger partial charge in [0, 0.05) is 45.3 Å². The summed E-state index contributed by atoms with van der Waals surface area (Å²) in [6.45, 7) is 6.31. The van der Waals surface area contributed by atoms with Gasteiger partial charge in [0.05, 0.1) is 6.42 Å². The highest BCUT2D eigenvalue weighted by Crippen LogP contribution is 2.32. The normalized spacial score (nSPS) is 24.2. The van der Waals surface area contributed by atoms with Crippen LogP contribution in [0.2, 0.25) is 0 Å². The molecule has 3 aliphatic heterocycles. The number of fused-ring (bicyclic) bond motifs is 1. The van der Waals surface area contributed by atoms with Crippen molar-refractivity contribution < 1.29 is 14.3 Å². The predicted octanol–water partition coefficient (Wildman–Crippen LogP) is 0.464. The molecule has 1 aromatic carbocycles. The highest BCUT2D eigenvalue weighted by Gasteiger charge is 2.30. The Morgan fingerprint density at radius 1 is 1.17 bits per heavy atom. The number of carbonyl (C=O) groups excluding carboxylic acids is 1. The molecule has 3 heterocycles. The first kappa shape index (κ1) is 14.8. The smallest absolute Gasteiger partial charge is 0.231 e. The summed E-state index contributed by atoms with van der Waals surface area (Å²) in [4.78, 5) is 17.1. The van der Waals surface area contributed by atoms with Crippen LogP contribution in [-0.4, -0.2) is 67.8 Å². The van der Waals surface area contributed by atoms with Crippen LogP contribution in [0.3, 0.4) is 0 Å². The van der Waals surface area contributed by atoms with Gasteiger partial charge in [-0.15, -0.1) is 0 Å². The monoisotopic (exact) mass is 317 g/mol. The maximum Gasteiger partial charge on any atom is 0.231 e. The molecule has 124 valence electrons. The molecule has 0 radical (unpaired) electrons. The summed E-state index contributed by atoms with van der Waals surface area (Å²) in [5.41, 5.74) is 0.991. The molecule has 1 atom stereocenters. The Hall–Kier alpha value is -1.79. The van der Waals surface area contributed by atoms with E-state index in [4.69, 9.17) is 9.47 Å². The number of ether oxygens (including phenoxy) is 2. The first-order valence-electron chi connectivity index (χ1n) is 8.41. The largest absolute Gasteiger partial charge is 0.454 e. The third-order valence-corrected chi connectivity index (χ3v) is 4.98. The number of amides is 1. The maximum atomic E-state index is 12.6. The van der Waals surface area contributed by atoms with Crippen molar-refractivity contribution in [3.8, 4) is 11.5 Å². The van der Waals surface area contributed by atoms with Gasteiger partial charge < -0.3 is 19.7 Å². The molecule has 0 aromatic heterocycles. The van der Waals surface area contributed by atoms with Gasteiger partial charge in [0.2, 0.25) is 12.7 Å². The zero-order valence-electron chi connectivity index (χ0n) is 13.3. The molecule has 6 nitrogen and oxygen atoms in total. The number of hydrogen-bond donors (Lipinski definition) is 1. The third kappa shape index (κ3) is 3.14. The van der Waals surface area contributed by atoms with Crippen molar-refractivity contribution in [2.45, 2.75) is 18.9 Å². The van der Waals surface area contributed by atoms with Crippen LogP contribution in [0.1, 0.15) is 12.0 Å². The lowest BCUT2D eigenvalue weighted by Gasteiger charge is -2.32. The fourth-order valence-electron chi connectivity index (χ4n) is 3.65. The first-order chi connectivity index (χ1) is 11.3. The Balaban J connectivity index is 1.34. The van der Waals surface area contributed by atoms with Crippen molar-refractivity contribution in [2.24, 2.45) is 0 Å². The lowest BCUT2D eigenvalue weighted by molar-refractivity contribution is -0.129. The summed E-state index contributed by atoms with van der Waals surface area (Å²) in [6.07, 6.45) is 1.53. The molecule has 3 aliphatic rings. The molecule has 0 spiro atoms. The molecular formula is C17H23N3O3. The second-order valence-corrected chi connectivity index (χ2v) is 6.43. The van der Waals surface area contributed by atoms with Crippen molar-refractivity contribution in [1.82, 2.24) is 15.1 Å². The Morgan fingerprint density at radius 3 is 2.87 bits per heavy atom. The van der Waals surface area contributed by atoms with Gasteiger partial charge in [-0.2, -0.15) is 0 Å². The number of nitrogens with zero attached hydrogens (tertiary/aromatic N) is 2. The predicted molar refractivity (Wildman–Crippen MR) is 85.7 cm³/mol. The Bertz CT molecular complexity index is 586. The number of piperazine rings is 1. The van der Waals surface area contributed by atoms with E-state index in [-0.39, 0.29) is 12.7 Å². The Morgan fingerprint density at radius 2 is 2.00 bits per heavy atom. The highest BCUT2D eigenvalue weighted by molar-refractivity contribution is 5.79. The van der Waals surface area contributed by atoms with Crippen LogP contribution in [0.5, 0.6) is 11.5 Å². The second-order valence-electron chi connectivity index (χ2n) is 6.43. The van der Waals surface area contributed by atoms with Crippen molar-refractivity contribution in [2.75, 3.05) is 46.1 Å². The van der Waals surface area contributed by atoms with Gasteiger partial charge in [-0.1, -0.05) is 6.07 Å². The first-order valence-corrected chi connectivity index (χ1v) is 8.41. The van der Waals surface area contributed by atoms with Crippen LogP contribution in [0.15, 0.2) is 18.2 Å². The fraction of sp³-hybridized carbons (Fsp3) is 0.588. The molecule has 1 unspecified atom stereocenters. The molecule has 1 amide bonds. The second kappa shape index (κ2) is 6.37. The average Bonchev–Trinajstić information content (AvgIpc) is 3.24. The lowest BCUT2D eigenvalue weighted by atomic mass is 10.1. The zero-order chi connectivity index (χ0) is 15.6. The van der Waals surface area contributed by atoms with Crippen molar-refractivity contribution >= 4 is 5.91 Å². The highest BCUT2D eigenvalue weighted by atomic mass is 16.7. The molecule has 0 bridgehead atoms. The number of benzene rings is 1. The van der Waals surface area contributed by atoms with Gasteiger partial charge in [-0.3, -0.25) is 9.69 Å². The number of nitrogens with one attached hydrogen (secondary N) is 1. The molecule has 23 heavy (non-hydrogen) atoms. The molecule has 6 heteroatoms. The fourth-order valence-corrected chi connectivity index (χ4v) is 3.65. The molecule has 1 aromatic rings. The third-order valence-electron chi connectivity index (χ3n) is 4.98. The van der Waals surface area contributed by atoms with E-state index < -0.39 is 0 Å². The maximum absolute atomic E-state index is 12.6. The summed E-state index contributed by atoms with van der Waals surface area (Å²) < 4.78 is 10.7. The SMILES string of the molecule is O=C(Cc1ccc2c(c1)OCO2)N1CCC(N2CCNCC2)C1. The average molecular weight is 317 g/mol. The van der Waals surface area contributed by atoms with Crippen LogP contribution in [0.25, 0.3) is 0 Å². The minimum absolute atomic E-state index is 0.210. The van der Waals surface area contributed by atoms with E-state index in [1.54, 1.807) is 0 Å². The van der Waals surface area contributed by atoms with Crippen LogP contribution < -0.4 is 14.8 Å². The van der Waals surface area contributed by atoms with Crippen molar-refractivity contribution in [1.29, 1.82) is 0 Å². The van der Waals surface area contributed by atoms with E-state index in [2.05, 4.69) is 10.2 Å². The van der Waals surface area contributed by atoms with E-state index in [1.807, 2.05) is 23.1 Å². The van der Waals surface area contributed by atoms with E-state index in [1.165, 1.54) is 0 Å². The van der Waals surface area contributed by atoms with Crippen LogP contribution in [0, 0.1) is 0 Å². The zero-order valence-corrected chi connectivity index (χ0v) is 13.3. The van der Waals surface area contributed by atoms with Gasteiger partial charge in [-0.25, -0.2) is 0 Å². The van der Waals surface area contributed by atoms with Gasteiger partial charge in [-0.05, 0) is 24.1 Å². The van der Waals surface area contributed by atoms with E-state index in [0.717, 1.165) is 62.8 Å². The van der Waals surface area contributed by atoms with Gasteiger partial charge >= 0.3 is 0 Å². The number of likely N-dealkylation sites (tertiary alicyclic amines) is 1. The van der Waals surface area contributed by atoms with Gasteiger partial charge in [0.25, 0.3) is 0 Å². The number of carbonyl (C=O) groups is 1. The van der Waals surface area contributed by atoms with E-state index in [0.29, 0.717) is 12.5 Å². The summed E-state index contributed by atoms with van der Waals surface area (Å²) in [5.74, 6) is 1.72. The summed E-state index contributed by atoms with van der Waals surface area (Å²) in [7, 11) is 0. The standard InChI is InChI=1S/C17H23N3O3/c21-17(10-13-1-2-15-16(9-13)23-12-22-15)20-6-3-14(11-20)19-7-4-18-5-8-19/h1-2,9,14,18H,3-8,10-12H2. The van der Waals surface area contributed by atoms with E-state index >= 15 is 0 Å². The summed E-state index contributed by atoms with van der Waals surface area (Å²) in [5, 5.41) is 3.38. The molecule has 0 aliphatic carbocycles. The van der Waals surface area contributed by atoms with Crippen LogP contribution >= 0.6 is 0 Å². The van der Waals surface area contributed by atoms with Crippen LogP contribution in [0.4, 0.5) is 0 Å². The molecule has 1 N–H and O–H groups in total. The van der Waals surface area contributed by atoms with Gasteiger partial charge in [0.15, 0.2) is 11.5 Å². The van der Waals surface area contributed by atoms with Crippen molar-refractivity contribution in [3.63, 3.8) is 0 Å². The lowest BCUT2D eigenvalue weighted by Crippen LogP contribution is -2.49. The number of hydrogen-bond acceptors (Lipinski definition) is 5. The molecule has 4 rings (SSSR count). The quantitative estimate of drug-likeness (QED) is 0.878. The molecular weight excluding hydrogens is 294 g/mol. The molecule has 0 saturated carbocycles. The molecule has 2 fully saturated rings. The van der Waals surface area contributed by atoms with Crippen LogP contribution in [-0.2, 0) is 11.2 Å². The van der Waals surface area contributed by atoms with E-state index in [9.17, 15) is 4.79 Å². The summed E-state index contributed by atoms with van der Waals surface area (Å²) in [6, 6.07) is 6.29. The minimum Gasteiger partial charge on any atom is -0.454 e. The van der Waals surface area contributed by atoms with Crippen molar-refractivity contribution in [3.05, 3.63) is 23.8 Å². The Kier molecular flexibility index (Phi) is 4.10. The van der Waals surface area contributed by atoms with Gasteiger partial charge in [0.1, 0.15) is 0 Å².